The number of aromatic hydroxyl groups is 1. The van der Waals surface area contributed by atoms with Crippen LogP contribution in [0.15, 0.2) is 24.3 Å². The molecule has 0 aliphatic heterocycles. The van der Waals surface area contributed by atoms with Gasteiger partial charge < -0.3 is 5.11 Å². The number of hydrogen-bond donors (Lipinski definition) is 2. The molecule has 0 heterocycles. The molecule has 6 heteroatoms. The molecule has 78 valence electrons. The van der Waals surface area contributed by atoms with Crippen molar-refractivity contribution in [1.29, 1.82) is 0 Å². The third-order valence-corrected chi connectivity index (χ3v) is 3.35. The van der Waals surface area contributed by atoms with Crippen LogP contribution in [0.3, 0.4) is 0 Å². The van der Waals surface area contributed by atoms with E-state index in [2.05, 4.69) is 4.72 Å². The van der Waals surface area contributed by atoms with Gasteiger partial charge >= 0.3 is 0 Å². The first kappa shape index (κ1) is 11.3. The lowest BCUT2D eigenvalue weighted by molar-refractivity contribution is 0.467. The molecule has 0 atom stereocenters. The number of sulfonamides is 1. The number of phenolic OH excluding ortho intramolecular Hbond substituents is 1. The molecule has 0 aliphatic rings. The number of rotatable bonds is 4. The van der Waals surface area contributed by atoms with Crippen LogP contribution in [0.4, 0.5) is 0 Å². The monoisotopic (exact) mass is 235 g/mol. The Labute approximate surface area is 87.6 Å². The van der Waals surface area contributed by atoms with E-state index in [9.17, 15) is 13.5 Å². The topological polar surface area (TPSA) is 66.4 Å². The van der Waals surface area contributed by atoms with Crippen LogP contribution in [0, 0.1) is 0 Å². The van der Waals surface area contributed by atoms with Crippen LogP contribution in [-0.2, 0) is 16.6 Å². The summed E-state index contributed by atoms with van der Waals surface area (Å²) in [5.74, 6) is 0.0600. The highest BCUT2D eigenvalue weighted by Crippen LogP contribution is 2.15. The molecule has 0 aromatic heterocycles. The van der Waals surface area contributed by atoms with Crippen molar-refractivity contribution in [2.24, 2.45) is 0 Å². The van der Waals surface area contributed by atoms with E-state index < -0.39 is 15.2 Å². The van der Waals surface area contributed by atoms with Crippen molar-refractivity contribution in [2.75, 3.05) is 5.21 Å². The van der Waals surface area contributed by atoms with Gasteiger partial charge in [0, 0.05) is 12.1 Å². The van der Waals surface area contributed by atoms with Gasteiger partial charge in [-0.15, -0.1) is 11.6 Å². The largest absolute Gasteiger partial charge is 0.508 e. The SMILES string of the molecule is O=S(=O)(CCl)NCc1ccccc1O. The zero-order valence-electron chi connectivity index (χ0n) is 7.27. The van der Waals surface area contributed by atoms with Gasteiger partial charge in [0.1, 0.15) is 11.0 Å². The lowest BCUT2D eigenvalue weighted by Gasteiger charge is -2.05. The van der Waals surface area contributed by atoms with E-state index in [-0.39, 0.29) is 12.3 Å². The van der Waals surface area contributed by atoms with E-state index >= 15 is 0 Å². The van der Waals surface area contributed by atoms with Crippen molar-refractivity contribution in [3.05, 3.63) is 29.8 Å². The fourth-order valence-electron chi connectivity index (χ4n) is 0.887. The maximum Gasteiger partial charge on any atom is 0.225 e. The fourth-order valence-corrected chi connectivity index (χ4v) is 1.57. The van der Waals surface area contributed by atoms with Crippen molar-refractivity contribution in [3.63, 3.8) is 0 Å². The van der Waals surface area contributed by atoms with Crippen LogP contribution in [0.1, 0.15) is 5.56 Å². The molecule has 0 amide bonds. The standard InChI is InChI=1S/C8H10ClNO3S/c9-6-14(12,13)10-5-7-3-1-2-4-8(7)11/h1-4,10-11H,5-6H2. The van der Waals surface area contributed by atoms with Crippen LogP contribution in [0.5, 0.6) is 5.75 Å². The first-order chi connectivity index (χ1) is 6.55. The Morgan fingerprint density at radius 1 is 1.36 bits per heavy atom. The molecule has 0 radical (unpaired) electrons. The molecule has 1 aromatic rings. The van der Waals surface area contributed by atoms with Gasteiger partial charge in [-0.1, -0.05) is 18.2 Å². The highest BCUT2D eigenvalue weighted by atomic mass is 35.5. The van der Waals surface area contributed by atoms with Crippen LogP contribution in [0.25, 0.3) is 0 Å². The molecule has 0 aliphatic carbocycles. The lowest BCUT2D eigenvalue weighted by atomic mass is 10.2. The van der Waals surface area contributed by atoms with E-state index in [1.807, 2.05) is 0 Å². The van der Waals surface area contributed by atoms with Crippen molar-refractivity contribution in [1.82, 2.24) is 4.72 Å². The minimum absolute atomic E-state index is 0.0434. The molecule has 2 N–H and O–H groups in total. The van der Waals surface area contributed by atoms with E-state index in [1.54, 1.807) is 18.2 Å². The summed E-state index contributed by atoms with van der Waals surface area (Å²) in [6.45, 7) is 0.0434. The maximum absolute atomic E-state index is 11.0. The second-order valence-electron chi connectivity index (χ2n) is 2.67. The summed E-state index contributed by atoms with van der Waals surface area (Å²) in [6.07, 6.45) is 0. The second-order valence-corrected chi connectivity index (χ2v) is 5.06. The van der Waals surface area contributed by atoms with Crippen molar-refractivity contribution in [2.45, 2.75) is 6.54 Å². The summed E-state index contributed by atoms with van der Waals surface area (Å²) in [4.78, 5) is 0. The highest BCUT2D eigenvalue weighted by Gasteiger charge is 2.08. The average molecular weight is 236 g/mol. The Balaban J connectivity index is 2.68. The molecule has 1 rings (SSSR count). The maximum atomic E-state index is 11.0. The third kappa shape index (κ3) is 3.17. The summed E-state index contributed by atoms with van der Waals surface area (Å²) in [5, 5.41) is 8.83. The highest BCUT2D eigenvalue weighted by molar-refractivity contribution is 7.90. The molecule has 14 heavy (non-hydrogen) atoms. The molecular formula is C8H10ClNO3S. The van der Waals surface area contributed by atoms with Gasteiger partial charge in [0.25, 0.3) is 0 Å². The van der Waals surface area contributed by atoms with E-state index in [1.165, 1.54) is 6.07 Å². The second kappa shape index (κ2) is 4.63. The Morgan fingerprint density at radius 3 is 2.57 bits per heavy atom. The van der Waals surface area contributed by atoms with Gasteiger partial charge in [0.05, 0.1) is 0 Å². The smallest absolute Gasteiger partial charge is 0.225 e. The zero-order valence-corrected chi connectivity index (χ0v) is 8.85. The summed E-state index contributed by atoms with van der Waals surface area (Å²) < 4.78 is 24.2. The predicted octanol–water partition coefficient (Wildman–Crippen LogP) is 1.01. The van der Waals surface area contributed by atoms with Crippen molar-refractivity contribution < 1.29 is 13.5 Å². The number of para-hydroxylation sites is 1. The Morgan fingerprint density at radius 2 is 2.00 bits per heavy atom. The Bertz CT molecular complexity index is 405. The molecule has 4 nitrogen and oxygen atoms in total. The van der Waals surface area contributed by atoms with Gasteiger partial charge in [0.2, 0.25) is 10.0 Å². The van der Waals surface area contributed by atoms with E-state index in [0.29, 0.717) is 5.56 Å². The lowest BCUT2D eigenvalue weighted by Crippen LogP contribution is -2.23. The summed E-state index contributed by atoms with van der Waals surface area (Å²) in [7, 11) is -3.43. The van der Waals surface area contributed by atoms with Gasteiger partial charge in [-0.3, -0.25) is 0 Å². The van der Waals surface area contributed by atoms with Gasteiger partial charge in [0.15, 0.2) is 0 Å². The van der Waals surface area contributed by atoms with Crippen molar-refractivity contribution >= 4 is 21.6 Å². The number of hydrogen-bond acceptors (Lipinski definition) is 3. The summed E-state index contributed by atoms with van der Waals surface area (Å²) in [6, 6.07) is 6.50. The Kier molecular flexibility index (Phi) is 3.74. The number of phenols is 1. The quantitative estimate of drug-likeness (QED) is 0.766. The van der Waals surface area contributed by atoms with Crippen LogP contribution < -0.4 is 4.72 Å². The molecule has 0 saturated carbocycles. The first-order valence-corrected chi connectivity index (χ1v) is 6.04. The van der Waals surface area contributed by atoms with Crippen LogP contribution in [0.2, 0.25) is 0 Å². The van der Waals surface area contributed by atoms with E-state index in [0.717, 1.165) is 0 Å². The molecule has 1 aromatic carbocycles. The number of nitrogens with one attached hydrogen (secondary N) is 1. The molecule has 0 spiro atoms. The molecule has 0 unspecified atom stereocenters. The minimum Gasteiger partial charge on any atom is -0.508 e. The average Bonchev–Trinajstić information content (AvgIpc) is 2.17. The molecule has 0 bridgehead atoms. The van der Waals surface area contributed by atoms with Gasteiger partial charge in [-0.25, -0.2) is 13.1 Å². The third-order valence-electron chi connectivity index (χ3n) is 1.62. The summed E-state index contributed by atoms with van der Waals surface area (Å²) in [5.41, 5.74) is 0.515. The van der Waals surface area contributed by atoms with Gasteiger partial charge in [-0.05, 0) is 6.07 Å². The van der Waals surface area contributed by atoms with E-state index in [4.69, 9.17) is 11.6 Å². The number of alkyl halides is 1. The normalized spacial score (nSPS) is 11.5. The molecular weight excluding hydrogens is 226 g/mol. The first-order valence-electron chi connectivity index (χ1n) is 3.85. The minimum atomic E-state index is -3.43. The van der Waals surface area contributed by atoms with Gasteiger partial charge in [-0.2, -0.15) is 0 Å². The number of halogens is 1. The van der Waals surface area contributed by atoms with Crippen LogP contribution >= 0.6 is 11.6 Å². The fraction of sp³-hybridized carbons (Fsp3) is 0.250. The number of benzene rings is 1. The Hall–Kier alpha value is -0.780. The summed E-state index contributed by atoms with van der Waals surface area (Å²) >= 11 is 5.19. The molecule has 0 saturated heterocycles. The van der Waals surface area contributed by atoms with Crippen molar-refractivity contribution in [3.8, 4) is 5.75 Å². The zero-order chi connectivity index (χ0) is 10.6. The predicted molar refractivity (Wildman–Crippen MR) is 54.6 cm³/mol. The molecule has 0 fully saturated rings. The van der Waals surface area contributed by atoms with Crippen LogP contribution in [-0.4, -0.2) is 18.7 Å².